The topological polar surface area (TPSA) is 104 Å². The number of nitriles is 1. The quantitative estimate of drug-likeness (QED) is 0.539. The molecule has 0 aliphatic carbocycles. The van der Waals surface area contributed by atoms with Crippen LogP contribution in [-0.4, -0.2) is 20.9 Å². The Morgan fingerprint density at radius 3 is 2.72 bits per heavy atom. The summed E-state index contributed by atoms with van der Waals surface area (Å²) in [5.74, 6) is -1.05. The number of amides is 1. The van der Waals surface area contributed by atoms with Gasteiger partial charge in [0.15, 0.2) is 16.7 Å². The molecule has 0 spiro atoms. The first-order valence-electron chi connectivity index (χ1n) is 8.01. The fourth-order valence-electron chi connectivity index (χ4n) is 2.39. The fraction of sp³-hybridized carbons (Fsp3) is 0.111. The first kappa shape index (κ1) is 20.9. The van der Waals surface area contributed by atoms with Crippen molar-refractivity contribution < 1.29 is 13.9 Å². The zero-order valence-corrected chi connectivity index (χ0v) is 17.0. The van der Waals surface area contributed by atoms with Crippen molar-refractivity contribution in [3.05, 3.63) is 68.2 Å². The van der Waals surface area contributed by atoms with Gasteiger partial charge in [0.25, 0.3) is 5.91 Å². The number of carbonyl (C=O) groups excluding carboxylic acids is 1. The van der Waals surface area contributed by atoms with Gasteiger partial charge in [-0.25, -0.2) is 14.4 Å². The Hall–Kier alpha value is -2.86. The van der Waals surface area contributed by atoms with Gasteiger partial charge in [-0.15, -0.1) is 0 Å². The molecular weight excluding hydrogens is 444 g/mol. The van der Waals surface area contributed by atoms with E-state index >= 15 is 0 Å². The van der Waals surface area contributed by atoms with Crippen LogP contribution >= 0.6 is 34.8 Å². The van der Waals surface area contributed by atoms with Gasteiger partial charge in [0.05, 0.1) is 5.02 Å². The third kappa shape index (κ3) is 4.77. The number of pyridine rings is 1. The third-order valence-corrected chi connectivity index (χ3v) is 4.44. The van der Waals surface area contributed by atoms with E-state index in [-0.39, 0.29) is 50.3 Å². The van der Waals surface area contributed by atoms with Gasteiger partial charge in [-0.3, -0.25) is 4.79 Å². The van der Waals surface area contributed by atoms with Crippen molar-refractivity contribution in [1.29, 1.82) is 5.26 Å². The van der Waals surface area contributed by atoms with Crippen molar-refractivity contribution in [2.24, 2.45) is 0 Å². The first-order valence-corrected chi connectivity index (χ1v) is 9.14. The van der Waals surface area contributed by atoms with Crippen LogP contribution in [0.2, 0.25) is 15.3 Å². The minimum atomic E-state index is -0.781. The number of aromatic nitrogens is 3. The summed E-state index contributed by atoms with van der Waals surface area (Å²) in [6.45, 7) is 1.49. The number of halogens is 4. The minimum absolute atomic E-state index is 0.000761. The largest absolute Gasteiger partial charge is 0.452 e. The van der Waals surface area contributed by atoms with E-state index in [2.05, 4.69) is 20.3 Å². The maximum absolute atomic E-state index is 14.9. The average molecular weight is 455 g/mol. The maximum Gasteiger partial charge on any atom is 0.271 e. The summed E-state index contributed by atoms with van der Waals surface area (Å²) in [4.78, 5) is 22.6. The first-order chi connectivity index (χ1) is 13.8. The lowest BCUT2D eigenvalue weighted by Gasteiger charge is -2.12. The lowest BCUT2D eigenvalue weighted by Crippen LogP contribution is -2.24. The average Bonchev–Trinajstić information content (AvgIpc) is 3.02. The van der Waals surface area contributed by atoms with Crippen molar-refractivity contribution in [1.82, 2.24) is 20.3 Å². The lowest BCUT2D eigenvalue weighted by molar-refractivity contribution is 0.0946. The molecule has 1 amide bonds. The number of rotatable bonds is 5. The van der Waals surface area contributed by atoms with Crippen LogP contribution in [0.4, 0.5) is 4.39 Å². The lowest BCUT2D eigenvalue weighted by atomic mass is 10.2. The van der Waals surface area contributed by atoms with Crippen LogP contribution in [0.5, 0.6) is 11.5 Å². The predicted octanol–water partition coefficient (Wildman–Crippen LogP) is 4.81. The number of imidazole rings is 1. The molecule has 0 radical (unpaired) electrons. The second-order valence-electron chi connectivity index (χ2n) is 5.74. The highest BCUT2D eigenvalue weighted by molar-refractivity contribution is 6.32. The molecular formula is C18H11Cl3FN5O2. The van der Waals surface area contributed by atoms with E-state index in [0.29, 0.717) is 5.82 Å². The van der Waals surface area contributed by atoms with Crippen molar-refractivity contribution >= 4 is 40.7 Å². The number of hydrogen-bond donors (Lipinski definition) is 2. The van der Waals surface area contributed by atoms with Gasteiger partial charge in [-0.2, -0.15) is 5.26 Å². The zero-order chi connectivity index (χ0) is 21.1. The normalized spacial score (nSPS) is 10.5. The Kier molecular flexibility index (Phi) is 6.23. The summed E-state index contributed by atoms with van der Waals surface area (Å²) in [7, 11) is 0. The molecule has 0 aliphatic rings. The molecule has 0 fully saturated rings. The monoisotopic (exact) mass is 453 g/mol. The van der Waals surface area contributed by atoms with Crippen LogP contribution in [0.15, 0.2) is 24.3 Å². The molecule has 2 N–H and O–H groups in total. The van der Waals surface area contributed by atoms with Crippen LogP contribution in [0.1, 0.15) is 27.6 Å². The molecule has 3 rings (SSSR count). The van der Waals surface area contributed by atoms with Crippen molar-refractivity contribution in [2.75, 3.05) is 0 Å². The Labute approximate surface area is 179 Å². The molecule has 0 saturated carbocycles. The summed E-state index contributed by atoms with van der Waals surface area (Å²) in [6.07, 6.45) is 0. The number of nitrogens with zero attached hydrogens (tertiary/aromatic N) is 3. The maximum atomic E-state index is 14.9. The number of hydrogen-bond acceptors (Lipinski definition) is 5. The van der Waals surface area contributed by atoms with E-state index in [4.69, 9.17) is 44.8 Å². The molecule has 3 aromatic rings. The number of carbonyl (C=O) groups is 1. The second-order valence-corrected chi connectivity index (χ2v) is 6.90. The summed E-state index contributed by atoms with van der Waals surface area (Å²) in [5.41, 5.74) is 0.190. The van der Waals surface area contributed by atoms with E-state index in [1.165, 1.54) is 24.3 Å². The molecule has 0 saturated heterocycles. The highest BCUT2D eigenvalue weighted by Gasteiger charge is 2.18. The Morgan fingerprint density at radius 1 is 1.31 bits per heavy atom. The SMILES string of the molecule is Cc1nc(Cl)c(C(=O)NCc2ccc(Cl)c(Oc3cc(Cl)nc(C#N)c3)c2F)[nH]1. The molecule has 0 unspecified atom stereocenters. The molecule has 2 aromatic heterocycles. The summed E-state index contributed by atoms with van der Waals surface area (Å²) in [6, 6.07) is 7.25. The number of H-pyrrole nitrogens is 1. The van der Waals surface area contributed by atoms with Crippen molar-refractivity contribution in [3.63, 3.8) is 0 Å². The summed E-state index contributed by atoms with van der Waals surface area (Å²) >= 11 is 17.8. The van der Waals surface area contributed by atoms with Crippen LogP contribution in [0.3, 0.4) is 0 Å². The molecule has 1 aromatic carbocycles. The Bertz CT molecular complexity index is 1140. The van der Waals surface area contributed by atoms with E-state index in [9.17, 15) is 9.18 Å². The molecule has 2 heterocycles. The van der Waals surface area contributed by atoms with E-state index < -0.39 is 11.7 Å². The van der Waals surface area contributed by atoms with Gasteiger partial charge in [-0.05, 0) is 13.0 Å². The highest BCUT2D eigenvalue weighted by atomic mass is 35.5. The number of ether oxygens (including phenoxy) is 1. The standard InChI is InChI=1S/C18H11Cl3FN5O2/c1-8-25-15(17(21)26-8)18(28)24-7-9-2-3-12(19)16(14(9)22)29-11-4-10(6-23)27-13(20)5-11/h2-5H,7H2,1H3,(H,24,28)(H,25,26). The van der Waals surface area contributed by atoms with Crippen LogP contribution in [0, 0.1) is 24.1 Å². The van der Waals surface area contributed by atoms with Gasteiger partial charge in [0, 0.05) is 24.2 Å². The number of aryl methyl sites for hydroxylation is 1. The highest BCUT2D eigenvalue weighted by Crippen LogP contribution is 2.34. The Balaban J connectivity index is 1.82. The van der Waals surface area contributed by atoms with E-state index in [1.54, 1.807) is 6.92 Å². The molecule has 0 aliphatic heterocycles. The molecule has 0 bridgehead atoms. The van der Waals surface area contributed by atoms with E-state index in [0.717, 1.165) is 0 Å². The number of aromatic amines is 1. The second kappa shape index (κ2) is 8.66. The van der Waals surface area contributed by atoms with Gasteiger partial charge in [-0.1, -0.05) is 40.9 Å². The van der Waals surface area contributed by atoms with Crippen LogP contribution in [-0.2, 0) is 6.54 Å². The third-order valence-electron chi connectivity index (χ3n) is 3.68. The van der Waals surface area contributed by atoms with Gasteiger partial charge >= 0.3 is 0 Å². The zero-order valence-electron chi connectivity index (χ0n) is 14.7. The summed E-state index contributed by atoms with van der Waals surface area (Å²) < 4.78 is 20.4. The molecule has 148 valence electrons. The molecule has 7 nitrogen and oxygen atoms in total. The van der Waals surface area contributed by atoms with Gasteiger partial charge in [0.1, 0.15) is 34.2 Å². The fourth-order valence-corrected chi connectivity index (χ4v) is 3.03. The van der Waals surface area contributed by atoms with E-state index in [1.807, 2.05) is 6.07 Å². The smallest absolute Gasteiger partial charge is 0.271 e. The Morgan fingerprint density at radius 2 is 2.07 bits per heavy atom. The van der Waals surface area contributed by atoms with Crippen molar-refractivity contribution in [3.8, 4) is 17.6 Å². The molecule has 29 heavy (non-hydrogen) atoms. The number of benzene rings is 1. The van der Waals surface area contributed by atoms with Gasteiger partial charge < -0.3 is 15.0 Å². The minimum Gasteiger partial charge on any atom is -0.452 e. The predicted molar refractivity (Wildman–Crippen MR) is 105 cm³/mol. The summed E-state index contributed by atoms with van der Waals surface area (Å²) in [5, 5.41) is 11.5. The van der Waals surface area contributed by atoms with Crippen LogP contribution < -0.4 is 10.1 Å². The number of nitrogens with one attached hydrogen (secondary N) is 2. The van der Waals surface area contributed by atoms with Crippen LogP contribution in [0.25, 0.3) is 0 Å². The van der Waals surface area contributed by atoms with Crippen molar-refractivity contribution in [2.45, 2.75) is 13.5 Å². The molecule has 11 heteroatoms. The molecule has 0 atom stereocenters. The van der Waals surface area contributed by atoms with Gasteiger partial charge in [0.2, 0.25) is 0 Å².